The van der Waals surface area contributed by atoms with Gasteiger partial charge in [-0.25, -0.2) is 0 Å². The Hall–Kier alpha value is -1.85. The van der Waals surface area contributed by atoms with Gasteiger partial charge in [0.1, 0.15) is 0 Å². The van der Waals surface area contributed by atoms with Gasteiger partial charge in [-0.05, 0) is 20.3 Å². The zero-order chi connectivity index (χ0) is 12.8. The third kappa shape index (κ3) is 4.26. The maximum Gasteiger partial charge on any atom is 0.303 e. The van der Waals surface area contributed by atoms with Crippen LogP contribution in [0.15, 0.2) is 0 Å². The highest BCUT2D eigenvalue weighted by molar-refractivity contribution is 5.76. The van der Waals surface area contributed by atoms with Crippen LogP contribution in [-0.4, -0.2) is 27.2 Å². The molecule has 1 aromatic heterocycles. The maximum absolute atomic E-state index is 11.4. The van der Waals surface area contributed by atoms with Crippen LogP contribution in [0.2, 0.25) is 0 Å². The fraction of sp³-hybridized carbons (Fsp3) is 0.545. The van der Waals surface area contributed by atoms with E-state index in [1.807, 2.05) is 13.8 Å². The molecule has 0 radical (unpaired) electrons. The zero-order valence-corrected chi connectivity index (χ0v) is 10.0. The Labute approximate surface area is 99.4 Å². The number of carboxylic acids is 1. The van der Waals surface area contributed by atoms with E-state index in [9.17, 15) is 9.59 Å². The summed E-state index contributed by atoms with van der Waals surface area (Å²) in [6, 6.07) is 0. The van der Waals surface area contributed by atoms with Gasteiger partial charge in [0.2, 0.25) is 5.91 Å². The van der Waals surface area contributed by atoms with E-state index in [-0.39, 0.29) is 18.7 Å². The molecule has 1 amide bonds. The summed E-state index contributed by atoms with van der Waals surface area (Å²) in [5.74, 6) is -1.01. The topological polar surface area (TPSA) is 95.1 Å². The molecular formula is C11H17N3O3. The minimum absolute atomic E-state index is 0.0250. The summed E-state index contributed by atoms with van der Waals surface area (Å²) in [5.41, 5.74) is 2.79. The van der Waals surface area contributed by atoms with Crippen molar-refractivity contribution >= 4 is 11.9 Å². The van der Waals surface area contributed by atoms with Crippen molar-refractivity contribution in [2.24, 2.45) is 0 Å². The van der Waals surface area contributed by atoms with Crippen LogP contribution in [0, 0.1) is 13.8 Å². The number of aliphatic carboxylic acids is 1. The molecule has 94 valence electrons. The molecule has 0 aliphatic heterocycles. The fourth-order valence-corrected chi connectivity index (χ4v) is 1.51. The van der Waals surface area contributed by atoms with Gasteiger partial charge in [-0.2, -0.15) is 5.10 Å². The van der Waals surface area contributed by atoms with Crippen LogP contribution in [-0.2, 0) is 16.1 Å². The summed E-state index contributed by atoms with van der Waals surface area (Å²) in [4.78, 5) is 21.7. The fourth-order valence-electron chi connectivity index (χ4n) is 1.51. The number of hydrogen-bond acceptors (Lipinski definition) is 3. The summed E-state index contributed by atoms with van der Waals surface area (Å²) >= 11 is 0. The second-order valence-corrected chi connectivity index (χ2v) is 3.94. The Balaban J connectivity index is 2.31. The highest BCUT2D eigenvalue weighted by atomic mass is 16.4. The molecule has 0 saturated carbocycles. The summed E-state index contributed by atoms with van der Waals surface area (Å²) in [6.07, 6.45) is 0.629. The first-order chi connectivity index (χ1) is 8.00. The molecule has 0 atom stereocenters. The molecule has 0 bridgehead atoms. The molecule has 0 spiro atoms. The van der Waals surface area contributed by atoms with Gasteiger partial charge in [0.15, 0.2) is 0 Å². The Bertz CT molecular complexity index is 393. The first-order valence-electron chi connectivity index (χ1n) is 5.49. The molecular weight excluding hydrogens is 222 g/mol. The molecule has 3 N–H and O–H groups in total. The predicted molar refractivity (Wildman–Crippen MR) is 61.4 cm³/mol. The van der Waals surface area contributed by atoms with Gasteiger partial charge in [0, 0.05) is 30.6 Å². The van der Waals surface area contributed by atoms with Crippen molar-refractivity contribution in [3.05, 3.63) is 17.0 Å². The molecule has 0 aromatic carbocycles. The minimum Gasteiger partial charge on any atom is -0.481 e. The molecule has 0 fully saturated rings. The predicted octanol–water partition coefficient (Wildman–Crippen LogP) is 0.898. The van der Waals surface area contributed by atoms with Crippen molar-refractivity contribution < 1.29 is 14.7 Å². The van der Waals surface area contributed by atoms with Gasteiger partial charge >= 0.3 is 5.97 Å². The smallest absolute Gasteiger partial charge is 0.303 e. The van der Waals surface area contributed by atoms with E-state index in [1.54, 1.807) is 0 Å². The SMILES string of the molecule is Cc1n[nH]c(C)c1CNC(=O)CCCC(=O)O. The third-order valence-corrected chi connectivity index (χ3v) is 2.54. The number of amides is 1. The quantitative estimate of drug-likeness (QED) is 0.687. The van der Waals surface area contributed by atoms with Crippen molar-refractivity contribution in [1.82, 2.24) is 15.5 Å². The summed E-state index contributed by atoms with van der Waals surface area (Å²) in [5, 5.41) is 18.0. The lowest BCUT2D eigenvalue weighted by molar-refractivity contribution is -0.137. The van der Waals surface area contributed by atoms with Gasteiger partial charge in [-0.3, -0.25) is 14.7 Å². The van der Waals surface area contributed by atoms with Crippen LogP contribution in [0.4, 0.5) is 0 Å². The van der Waals surface area contributed by atoms with Gasteiger partial charge in [-0.1, -0.05) is 0 Å². The lowest BCUT2D eigenvalue weighted by atomic mass is 10.2. The van der Waals surface area contributed by atoms with E-state index in [4.69, 9.17) is 5.11 Å². The molecule has 17 heavy (non-hydrogen) atoms. The first kappa shape index (κ1) is 13.2. The minimum atomic E-state index is -0.876. The standard InChI is InChI=1S/C11H17N3O3/c1-7-9(8(2)14-13-7)6-12-10(15)4-3-5-11(16)17/h3-6H2,1-2H3,(H,12,15)(H,13,14)(H,16,17). The number of rotatable bonds is 6. The van der Waals surface area contributed by atoms with Gasteiger partial charge in [0.25, 0.3) is 0 Å². The lowest BCUT2D eigenvalue weighted by Gasteiger charge is -2.04. The number of carboxylic acid groups (broad SMARTS) is 1. The maximum atomic E-state index is 11.4. The molecule has 1 rings (SSSR count). The summed E-state index contributed by atoms with van der Waals surface area (Å²) in [7, 11) is 0. The van der Waals surface area contributed by atoms with E-state index in [1.165, 1.54) is 0 Å². The van der Waals surface area contributed by atoms with Crippen LogP contribution >= 0.6 is 0 Å². The first-order valence-corrected chi connectivity index (χ1v) is 5.49. The normalized spacial score (nSPS) is 10.2. The molecule has 0 aliphatic rings. The lowest BCUT2D eigenvalue weighted by Crippen LogP contribution is -2.23. The zero-order valence-electron chi connectivity index (χ0n) is 10.0. The number of hydrogen-bond donors (Lipinski definition) is 3. The Morgan fingerprint density at radius 1 is 1.35 bits per heavy atom. The number of nitrogens with zero attached hydrogens (tertiary/aromatic N) is 1. The van der Waals surface area contributed by atoms with Gasteiger partial charge in [0.05, 0.1) is 5.69 Å². The van der Waals surface area contributed by atoms with Crippen molar-refractivity contribution in [1.29, 1.82) is 0 Å². The summed E-state index contributed by atoms with van der Waals surface area (Å²) in [6.45, 7) is 4.20. The van der Waals surface area contributed by atoms with Crippen LogP contribution in [0.3, 0.4) is 0 Å². The van der Waals surface area contributed by atoms with E-state index >= 15 is 0 Å². The average Bonchev–Trinajstić information content (AvgIpc) is 2.55. The Morgan fingerprint density at radius 2 is 2.06 bits per heavy atom. The Kier molecular flexibility index (Phi) is 4.68. The van der Waals surface area contributed by atoms with E-state index < -0.39 is 5.97 Å². The van der Waals surface area contributed by atoms with Gasteiger partial charge < -0.3 is 10.4 Å². The highest BCUT2D eigenvalue weighted by Crippen LogP contribution is 2.08. The number of aromatic amines is 1. The van der Waals surface area contributed by atoms with Crippen LogP contribution in [0.25, 0.3) is 0 Å². The molecule has 0 aliphatic carbocycles. The summed E-state index contributed by atoms with van der Waals surface area (Å²) < 4.78 is 0. The highest BCUT2D eigenvalue weighted by Gasteiger charge is 2.08. The number of nitrogens with one attached hydrogen (secondary N) is 2. The third-order valence-electron chi connectivity index (χ3n) is 2.54. The molecule has 0 saturated heterocycles. The van der Waals surface area contributed by atoms with E-state index in [2.05, 4.69) is 15.5 Å². The number of carbonyl (C=O) groups is 2. The molecule has 1 aromatic rings. The van der Waals surface area contributed by atoms with Crippen LogP contribution < -0.4 is 5.32 Å². The van der Waals surface area contributed by atoms with Crippen molar-refractivity contribution in [3.8, 4) is 0 Å². The van der Waals surface area contributed by atoms with Crippen molar-refractivity contribution in [2.75, 3.05) is 0 Å². The number of H-pyrrole nitrogens is 1. The van der Waals surface area contributed by atoms with Crippen molar-refractivity contribution in [3.63, 3.8) is 0 Å². The molecule has 6 heteroatoms. The number of carbonyl (C=O) groups excluding carboxylic acids is 1. The largest absolute Gasteiger partial charge is 0.481 e. The number of aromatic nitrogens is 2. The number of aryl methyl sites for hydroxylation is 2. The average molecular weight is 239 g/mol. The Morgan fingerprint density at radius 3 is 2.59 bits per heavy atom. The molecule has 0 unspecified atom stereocenters. The second kappa shape index (κ2) is 6.03. The van der Waals surface area contributed by atoms with Crippen LogP contribution in [0.5, 0.6) is 0 Å². The van der Waals surface area contributed by atoms with Crippen molar-refractivity contribution in [2.45, 2.75) is 39.7 Å². The van der Waals surface area contributed by atoms with Crippen LogP contribution in [0.1, 0.15) is 36.2 Å². The van der Waals surface area contributed by atoms with E-state index in [0.717, 1.165) is 17.0 Å². The monoisotopic (exact) mass is 239 g/mol. The molecule has 6 nitrogen and oxygen atoms in total. The van der Waals surface area contributed by atoms with Gasteiger partial charge in [-0.15, -0.1) is 0 Å². The second-order valence-electron chi connectivity index (χ2n) is 3.94. The van der Waals surface area contributed by atoms with E-state index in [0.29, 0.717) is 13.0 Å². The molecule has 1 heterocycles.